The van der Waals surface area contributed by atoms with Crippen LogP contribution < -0.4 is 10.4 Å². The van der Waals surface area contributed by atoms with E-state index in [9.17, 15) is 30.3 Å². The largest absolute Gasteiger partial charge is 0.338 e. The zero-order chi connectivity index (χ0) is 17.9. The van der Waals surface area contributed by atoms with E-state index in [4.69, 9.17) is 0 Å². The van der Waals surface area contributed by atoms with Crippen molar-refractivity contribution < 1.29 is 20.2 Å². The predicted molar refractivity (Wildman–Crippen MR) is 82.8 cm³/mol. The van der Waals surface area contributed by atoms with E-state index in [0.29, 0.717) is 5.69 Å². The number of nitro benzene ring substituents is 3. The maximum atomic E-state index is 11.1. The van der Waals surface area contributed by atoms with Gasteiger partial charge in [0.1, 0.15) is 6.07 Å². The maximum Gasteiger partial charge on any atom is 0.338 e. The van der Waals surface area contributed by atoms with Crippen molar-refractivity contribution in [2.24, 2.45) is 0 Å². The number of nitro groups is 3. The van der Waals surface area contributed by atoms with Crippen molar-refractivity contribution in [2.75, 3.05) is 12.1 Å². The van der Waals surface area contributed by atoms with Crippen molar-refractivity contribution in [2.45, 2.75) is 0 Å². The van der Waals surface area contributed by atoms with Gasteiger partial charge in [-0.25, -0.2) is 10.4 Å². The van der Waals surface area contributed by atoms with Crippen LogP contribution in [0.3, 0.4) is 0 Å². The lowest BCUT2D eigenvalue weighted by Crippen LogP contribution is -2.88. The van der Waals surface area contributed by atoms with Crippen molar-refractivity contribution in [1.29, 1.82) is 0 Å². The first-order valence-electron chi connectivity index (χ1n) is 6.54. The van der Waals surface area contributed by atoms with Gasteiger partial charge in [0.25, 0.3) is 11.4 Å². The Kier molecular flexibility index (Phi) is 4.65. The number of nitrogens with zero attached hydrogens (tertiary/aromatic N) is 4. The second-order valence-corrected chi connectivity index (χ2v) is 4.77. The van der Waals surface area contributed by atoms with Gasteiger partial charge in [-0.3, -0.25) is 30.3 Å². The number of nitrogens with two attached hydrogens (primary N) is 1. The highest BCUT2D eigenvalue weighted by molar-refractivity contribution is 5.58. The van der Waals surface area contributed by atoms with Crippen LogP contribution in [-0.2, 0) is 0 Å². The molecule has 0 spiro atoms. The van der Waals surface area contributed by atoms with Crippen LogP contribution in [0.15, 0.2) is 42.5 Å². The molecule has 0 fully saturated rings. The second kappa shape index (κ2) is 6.66. The molecule has 0 atom stereocenters. The average Bonchev–Trinajstić information content (AvgIpc) is 2.54. The van der Waals surface area contributed by atoms with Crippen molar-refractivity contribution in [3.63, 3.8) is 0 Å². The summed E-state index contributed by atoms with van der Waals surface area (Å²) in [7, 11) is 1.60. The molecule has 2 aromatic rings. The molecule has 124 valence electrons. The van der Waals surface area contributed by atoms with Crippen molar-refractivity contribution >= 4 is 28.4 Å². The van der Waals surface area contributed by atoms with Crippen LogP contribution in [0.1, 0.15) is 0 Å². The summed E-state index contributed by atoms with van der Waals surface area (Å²) in [5.74, 6) is 0. The Balaban J connectivity index is 2.27. The van der Waals surface area contributed by atoms with Gasteiger partial charge in [-0.1, -0.05) is 0 Å². The van der Waals surface area contributed by atoms with Crippen LogP contribution in [0.5, 0.6) is 0 Å². The summed E-state index contributed by atoms with van der Waals surface area (Å²) in [4.78, 5) is 30.5. The van der Waals surface area contributed by atoms with E-state index in [0.717, 1.165) is 6.07 Å². The molecule has 0 radical (unpaired) electrons. The summed E-state index contributed by atoms with van der Waals surface area (Å²) in [6.07, 6.45) is 0. The van der Waals surface area contributed by atoms with Gasteiger partial charge in [0.2, 0.25) is 5.69 Å². The Hall–Kier alpha value is -3.60. The van der Waals surface area contributed by atoms with Crippen molar-refractivity contribution in [1.82, 2.24) is 0 Å². The van der Waals surface area contributed by atoms with Crippen LogP contribution in [0.2, 0.25) is 0 Å². The monoisotopic (exact) mass is 334 g/mol. The first kappa shape index (κ1) is 16.8. The highest BCUT2D eigenvalue weighted by atomic mass is 16.6. The van der Waals surface area contributed by atoms with Crippen molar-refractivity contribution in [3.05, 3.63) is 72.8 Å². The number of rotatable bonds is 6. The zero-order valence-electron chi connectivity index (χ0n) is 12.4. The van der Waals surface area contributed by atoms with E-state index in [1.807, 2.05) is 0 Å². The summed E-state index contributed by atoms with van der Waals surface area (Å²) in [5.41, 5.74) is 1.30. The van der Waals surface area contributed by atoms with E-state index in [1.54, 1.807) is 7.05 Å². The predicted octanol–water partition coefficient (Wildman–Crippen LogP) is 1.66. The van der Waals surface area contributed by atoms with Crippen LogP contribution in [0.4, 0.5) is 28.4 Å². The number of hydrogen-bond donors (Lipinski definition) is 1. The molecule has 0 aliphatic heterocycles. The van der Waals surface area contributed by atoms with Crippen LogP contribution in [-0.4, -0.2) is 21.8 Å². The highest BCUT2D eigenvalue weighted by Gasteiger charge is 2.24. The summed E-state index contributed by atoms with van der Waals surface area (Å²) in [6.45, 7) is 0. The number of anilines is 1. The Morgan fingerprint density at radius 1 is 0.833 bits per heavy atom. The third kappa shape index (κ3) is 3.59. The summed E-state index contributed by atoms with van der Waals surface area (Å²) in [5, 5.41) is 34.0. The van der Waals surface area contributed by atoms with Gasteiger partial charge in [-0.15, -0.1) is 0 Å². The Morgan fingerprint density at radius 2 is 1.38 bits per heavy atom. The molecule has 0 aromatic heterocycles. The summed E-state index contributed by atoms with van der Waals surface area (Å²) in [6, 6.07) is 8.93. The molecule has 0 saturated heterocycles. The van der Waals surface area contributed by atoms with Gasteiger partial charge in [-0.05, 0) is 12.1 Å². The van der Waals surface area contributed by atoms with Gasteiger partial charge in [0.05, 0.1) is 27.5 Å². The second-order valence-electron chi connectivity index (χ2n) is 4.77. The minimum atomic E-state index is -0.711. The molecule has 0 unspecified atom stereocenters. The molecule has 2 aromatic carbocycles. The van der Waals surface area contributed by atoms with Gasteiger partial charge in [0, 0.05) is 24.3 Å². The summed E-state index contributed by atoms with van der Waals surface area (Å²) >= 11 is 0. The molecule has 11 heteroatoms. The number of benzene rings is 2. The normalized spacial score (nSPS) is 10.2. The molecule has 0 amide bonds. The molecule has 0 heterocycles. The lowest BCUT2D eigenvalue weighted by Gasteiger charge is -2.15. The molecular formula is C13H12N5O6+. The van der Waals surface area contributed by atoms with Gasteiger partial charge in [0.15, 0.2) is 0 Å². The van der Waals surface area contributed by atoms with Crippen LogP contribution >= 0.6 is 0 Å². The fourth-order valence-corrected chi connectivity index (χ4v) is 2.01. The van der Waals surface area contributed by atoms with E-state index in [-0.39, 0.29) is 17.1 Å². The lowest BCUT2D eigenvalue weighted by atomic mass is 10.2. The highest BCUT2D eigenvalue weighted by Crippen LogP contribution is 2.26. The Morgan fingerprint density at radius 3 is 1.88 bits per heavy atom. The molecule has 24 heavy (non-hydrogen) atoms. The average molecular weight is 334 g/mol. The molecular weight excluding hydrogens is 322 g/mol. The third-order valence-electron chi connectivity index (χ3n) is 3.22. The first-order valence-corrected chi connectivity index (χ1v) is 6.54. The number of non-ortho nitro benzene ring substituents is 2. The molecule has 0 bridgehead atoms. The minimum absolute atomic E-state index is 0.0755. The van der Waals surface area contributed by atoms with E-state index in [1.165, 1.54) is 46.8 Å². The fraction of sp³-hybridized carbons (Fsp3) is 0.0769. The quantitative estimate of drug-likeness (QED) is 0.365. The molecule has 0 aliphatic rings. The van der Waals surface area contributed by atoms with Crippen LogP contribution in [0, 0.1) is 30.3 Å². The molecule has 2 N–H and O–H groups in total. The van der Waals surface area contributed by atoms with E-state index >= 15 is 0 Å². The topological polar surface area (TPSA) is 149 Å². The number of quaternary nitrogens is 1. The van der Waals surface area contributed by atoms with E-state index in [2.05, 4.69) is 0 Å². The van der Waals surface area contributed by atoms with Gasteiger partial charge in [-0.2, -0.15) is 0 Å². The standard InChI is InChI=1S/C13H11N5O6/c1-15(9-2-4-10(5-3-9)16(19)20)14-12-7-6-11(17(21)22)8-13(12)18(23)24/h2-8,14H,1H3/p+1. The first-order chi connectivity index (χ1) is 11.3. The molecule has 11 nitrogen and oxygen atoms in total. The Labute approximate surface area is 134 Å². The molecule has 0 saturated carbocycles. The SMILES string of the molecule is CN([NH2+]c1ccc([N+](=O)[O-])cc1[N+](=O)[O-])c1ccc([N+](=O)[O-])cc1. The van der Waals surface area contributed by atoms with E-state index < -0.39 is 20.5 Å². The molecule has 2 rings (SSSR count). The van der Waals surface area contributed by atoms with Crippen LogP contribution in [0.25, 0.3) is 0 Å². The lowest BCUT2D eigenvalue weighted by molar-refractivity contribution is -0.586. The fourth-order valence-electron chi connectivity index (χ4n) is 2.01. The van der Waals surface area contributed by atoms with Gasteiger partial charge < -0.3 is 0 Å². The zero-order valence-corrected chi connectivity index (χ0v) is 12.4. The Bertz CT molecular complexity index is 807. The van der Waals surface area contributed by atoms with Crippen molar-refractivity contribution in [3.8, 4) is 0 Å². The maximum absolute atomic E-state index is 11.1. The smallest absolute Gasteiger partial charge is 0.258 e. The number of hydrogen-bond acceptors (Lipinski definition) is 7. The van der Waals surface area contributed by atoms with Gasteiger partial charge >= 0.3 is 5.69 Å². The summed E-state index contributed by atoms with van der Waals surface area (Å²) < 4.78 is 0. The minimum Gasteiger partial charge on any atom is -0.258 e. The third-order valence-corrected chi connectivity index (χ3v) is 3.22. The molecule has 0 aliphatic carbocycles.